The third kappa shape index (κ3) is 5.49. The average molecular weight is 429 g/mol. The summed E-state index contributed by atoms with van der Waals surface area (Å²) in [7, 11) is 1.61. The highest BCUT2D eigenvalue weighted by Crippen LogP contribution is 2.37. The van der Waals surface area contributed by atoms with Gasteiger partial charge in [-0.05, 0) is 34.4 Å². The molecule has 0 unspecified atom stereocenters. The second kappa shape index (κ2) is 9.75. The van der Waals surface area contributed by atoms with Gasteiger partial charge in [-0.1, -0.05) is 51.1 Å². The molecule has 0 saturated heterocycles. The molecule has 0 radical (unpaired) electrons. The summed E-state index contributed by atoms with van der Waals surface area (Å²) >= 11 is 1.75. The third-order valence-electron chi connectivity index (χ3n) is 5.33. The largest absolute Gasteiger partial charge is 0.383 e. The van der Waals surface area contributed by atoms with E-state index in [-0.39, 0.29) is 29.8 Å². The number of carbonyl (C=O) groups is 2. The summed E-state index contributed by atoms with van der Waals surface area (Å²) in [6.45, 7) is 7.70. The molecule has 0 spiro atoms. The van der Waals surface area contributed by atoms with Crippen molar-refractivity contribution in [3.8, 4) is 0 Å². The minimum Gasteiger partial charge on any atom is -0.383 e. The lowest BCUT2D eigenvalue weighted by molar-refractivity contribution is -0.143. The molecule has 2 heterocycles. The van der Waals surface area contributed by atoms with Gasteiger partial charge in [-0.2, -0.15) is 0 Å². The molecule has 0 N–H and O–H groups in total. The van der Waals surface area contributed by atoms with Crippen LogP contribution in [0.15, 0.2) is 41.8 Å². The summed E-state index contributed by atoms with van der Waals surface area (Å²) < 4.78 is 5.19. The zero-order valence-electron chi connectivity index (χ0n) is 18.4. The van der Waals surface area contributed by atoms with Gasteiger partial charge >= 0.3 is 0 Å². The van der Waals surface area contributed by atoms with Crippen molar-refractivity contribution in [1.29, 1.82) is 0 Å². The Hall–Kier alpha value is -2.18. The fourth-order valence-corrected chi connectivity index (χ4v) is 4.80. The van der Waals surface area contributed by atoms with Crippen molar-refractivity contribution in [2.75, 3.05) is 33.4 Å². The SMILES string of the molecule is COCCN(CC(=O)N1CCc2sccc2[C@H]1c1ccccc1)C(=O)CC(C)(C)C. The molecule has 2 amide bonds. The van der Waals surface area contributed by atoms with Gasteiger partial charge in [-0.15, -0.1) is 11.3 Å². The molecule has 162 valence electrons. The molecular weight excluding hydrogens is 396 g/mol. The number of ether oxygens (including phenoxy) is 1. The van der Waals surface area contributed by atoms with Crippen molar-refractivity contribution < 1.29 is 14.3 Å². The van der Waals surface area contributed by atoms with Gasteiger partial charge in [0.2, 0.25) is 11.8 Å². The highest BCUT2D eigenvalue weighted by molar-refractivity contribution is 7.10. The number of benzene rings is 1. The quantitative estimate of drug-likeness (QED) is 0.666. The molecule has 5 nitrogen and oxygen atoms in total. The molecule has 30 heavy (non-hydrogen) atoms. The highest BCUT2D eigenvalue weighted by atomic mass is 32.1. The van der Waals surface area contributed by atoms with Crippen molar-refractivity contribution in [2.45, 2.75) is 39.7 Å². The molecule has 0 fully saturated rings. The van der Waals surface area contributed by atoms with Gasteiger partial charge in [0.25, 0.3) is 0 Å². The van der Waals surface area contributed by atoms with Crippen LogP contribution in [0.3, 0.4) is 0 Å². The first kappa shape index (κ1) is 22.5. The second-order valence-electron chi connectivity index (χ2n) is 9.00. The summed E-state index contributed by atoms with van der Waals surface area (Å²) in [5, 5.41) is 2.10. The van der Waals surface area contributed by atoms with Gasteiger partial charge in [-0.25, -0.2) is 0 Å². The van der Waals surface area contributed by atoms with Crippen LogP contribution >= 0.6 is 11.3 Å². The van der Waals surface area contributed by atoms with E-state index in [1.54, 1.807) is 23.3 Å². The van der Waals surface area contributed by atoms with E-state index < -0.39 is 0 Å². The number of carbonyl (C=O) groups excluding carboxylic acids is 2. The zero-order chi connectivity index (χ0) is 21.7. The lowest BCUT2D eigenvalue weighted by atomic mass is 9.91. The molecule has 0 saturated carbocycles. The fraction of sp³-hybridized carbons (Fsp3) is 0.500. The van der Waals surface area contributed by atoms with E-state index in [0.717, 1.165) is 12.0 Å². The minimum atomic E-state index is -0.130. The van der Waals surface area contributed by atoms with E-state index in [1.165, 1.54) is 10.4 Å². The molecular formula is C24H32N2O3S. The Morgan fingerprint density at radius 3 is 2.60 bits per heavy atom. The molecule has 0 aliphatic carbocycles. The Bertz CT molecular complexity index is 857. The monoisotopic (exact) mass is 428 g/mol. The molecule has 2 aromatic rings. The lowest BCUT2D eigenvalue weighted by Gasteiger charge is -2.38. The molecule has 1 aromatic heterocycles. The Morgan fingerprint density at radius 2 is 1.93 bits per heavy atom. The Balaban J connectivity index is 1.83. The van der Waals surface area contributed by atoms with Crippen LogP contribution in [0.5, 0.6) is 0 Å². The maximum atomic E-state index is 13.5. The van der Waals surface area contributed by atoms with E-state index >= 15 is 0 Å². The maximum Gasteiger partial charge on any atom is 0.242 e. The summed E-state index contributed by atoms with van der Waals surface area (Å²) in [4.78, 5) is 31.3. The van der Waals surface area contributed by atoms with Crippen LogP contribution in [0.25, 0.3) is 0 Å². The zero-order valence-corrected chi connectivity index (χ0v) is 19.2. The van der Waals surface area contributed by atoms with E-state index in [9.17, 15) is 9.59 Å². The summed E-state index contributed by atoms with van der Waals surface area (Å²) in [5.41, 5.74) is 2.18. The van der Waals surface area contributed by atoms with Crippen LogP contribution in [0, 0.1) is 5.41 Å². The van der Waals surface area contributed by atoms with Gasteiger partial charge in [-0.3, -0.25) is 9.59 Å². The van der Waals surface area contributed by atoms with Crippen LogP contribution in [0.1, 0.15) is 49.2 Å². The molecule has 1 atom stereocenters. The number of nitrogens with zero attached hydrogens (tertiary/aromatic N) is 2. The van der Waals surface area contributed by atoms with Crippen LogP contribution < -0.4 is 0 Å². The number of hydrogen-bond donors (Lipinski definition) is 0. The summed E-state index contributed by atoms with van der Waals surface area (Å²) in [5.74, 6) is -0.0172. The normalized spacial score (nSPS) is 16.3. The molecule has 0 bridgehead atoms. The van der Waals surface area contributed by atoms with Gasteiger partial charge in [0, 0.05) is 31.5 Å². The predicted octanol–water partition coefficient (Wildman–Crippen LogP) is 4.13. The predicted molar refractivity (Wildman–Crippen MR) is 121 cm³/mol. The Morgan fingerprint density at radius 1 is 1.20 bits per heavy atom. The second-order valence-corrected chi connectivity index (χ2v) is 10.00. The number of hydrogen-bond acceptors (Lipinski definition) is 4. The Labute approximate surface area is 183 Å². The van der Waals surface area contributed by atoms with Crippen LogP contribution in [-0.4, -0.2) is 55.0 Å². The standard InChI is InChI=1S/C24H32N2O3S/c1-24(2,3)16-21(27)25(13-14-29-4)17-22(28)26-12-10-20-19(11-15-30-20)23(26)18-8-6-5-7-9-18/h5-9,11,15,23H,10,12-14,16-17H2,1-4H3/t23-/m1/s1. The first-order valence-corrected chi connectivity index (χ1v) is 11.4. The van der Waals surface area contributed by atoms with Crippen molar-refractivity contribution >= 4 is 23.2 Å². The van der Waals surface area contributed by atoms with Gasteiger partial charge in [0.1, 0.15) is 0 Å². The molecule has 1 aliphatic rings. The fourth-order valence-electron chi connectivity index (χ4n) is 3.89. The minimum absolute atomic E-state index is 0.00241. The van der Waals surface area contributed by atoms with E-state index in [4.69, 9.17) is 4.74 Å². The smallest absolute Gasteiger partial charge is 0.242 e. The first-order valence-electron chi connectivity index (χ1n) is 10.5. The number of rotatable bonds is 7. The number of methoxy groups -OCH3 is 1. The molecule has 6 heteroatoms. The van der Waals surface area contributed by atoms with Crippen LogP contribution in [-0.2, 0) is 20.7 Å². The number of amides is 2. The van der Waals surface area contributed by atoms with Crippen molar-refractivity contribution in [3.05, 3.63) is 57.8 Å². The third-order valence-corrected chi connectivity index (χ3v) is 6.32. The lowest BCUT2D eigenvalue weighted by Crippen LogP contribution is -2.47. The van der Waals surface area contributed by atoms with Crippen molar-refractivity contribution in [2.24, 2.45) is 5.41 Å². The summed E-state index contributed by atoms with van der Waals surface area (Å²) in [6.07, 6.45) is 1.26. The van der Waals surface area contributed by atoms with Crippen LogP contribution in [0.4, 0.5) is 0 Å². The maximum absolute atomic E-state index is 13.5. The van der Waals surface area contributed by atoms with E-state index in [1.807, 2.05) is 43.9 Å². The van der Waals surface area contributed by atoms with Gasteiger partial charge in [0.05, 0.1) is 19.2 Å². The van der Waals surface area contributed by atoms with E-state index in [0.29, 0.717) is 26.1 Å². The number of thiophene rings is 1. The number of fused-ring (bicyclic) bond motifs is 1. The average Bonchev–Trinajstić information content (AvgIpc) is 3.18. The summed E-state index contributed by atoms with van der Waals surface area (Å²) in [6, 6.07) is 12.2. The van der Waals surface area contributed by atoms with Crippen molar-refractivity contribution in [1.82, 2.24) is 9.80 Å². The van der Waals surface area contributed by atoms with Gasteiger partial charge in [0.15, 0.2) is 0 Å². The highest BCUT2D eigenvalue weighted by Gasteiger charge is 2.34. The molecule has 3 rings (SSSR count). The van der Waals surface area contributed by atoms with E-state index in [2.05, 4.69) is 23.6 Å². The van der Waals surface area contributed by atoms with Crippen molar-refractivity contribution in [3.63, 3.8) is 0 Å². The topological polar surface area (TPSA) is 49.9 Å². The Kier molecular flexibility index (Phi) is 7.32. The molecule has 1 aromatic carbocycles. The first-order chi connectivity index (χ1) is 14.3. The van der Waals surface area contributed by atoms with Crippen LogP contribution in [0.2, 0.25) is 0 Å². The molecule has 1 aliphatic heterocycles. The van der Waals surface area contributed by atoms with Gasteiger partial charge < -0.3 is 14.5 Å².